The molecule has 1 aromatic rings. The van der Waals surface area contributed by atoms with Crippen LogP contribution in [0.25, 0.3) is 0 Å². The Hall–Kier alpha value is -0.350. The smallest absolute Gasteiger partial charge is 0.0135 e. The van der Waals surface area contributed by atoms with Crippen LogP contribution >= 0.6 is 8.58 Å². The van der Waals surface area contributed by atoms with Crippen molar-refractivity contribution in [3.63, 3.8) is 0 Å². The lowest BCUT2D eigenvalue weighted by molar-refractivity contribution is 0.895. The molecule has 0 saturated carbocycles. The number of rotatable bonds is 4. The Morgan fingerprint density at radius 2 is 1.64 bits per heavy atom. The van der Waals surface area contributed by atoms with Crippen LogP contribution in [0.15, 0.2) is 12.1 Å². The summed E-state index contributed by atoms with van der Waals surface area (Å²) < 4.78 is 0. The highest BCUT2D eigenvalue weighted by atomic mass is 31.1. The van der Waals surface area contributed by atoms with Crippen molar-refractivity contribution in [3.8, 4) is 0 Å². The Balaban J connectivity index is 2.75. The molecular formula is C13H20P. The van der Waals surface area contributed by atoms with Crippen molar-refractivity contribution < 1.29 is 0 Å². The predicted octanol–water partition coefficient (Wildman–Crippen LogP) is 3.98. The lowest BCUT2D eigenvalue weighted by Gasteiger charge is -2.10. The van der Waals surface area contributed by atoms with Crippen molar-refractivity contribution >= 4 is 13.9 Å². The number of unbranched alkanes of at least 4 members (excludes halogenated alkanes) is 1. The van der Waals surface area contributed by atoms with Crippen molar-refractivity contribution in [2.45, 2.75) is 40.5 Å². The van der Waals surface area contributed by atoms with E-state index in [2.05, 4.69) is 39.8 Å². The number of benzene rings is 1. The van der Waals surface area contributed by atoms with E-state index < -0.39 is 0 Å². The van der Waals surface area contributed by atoms with Gasteiger partial charge < -0.3 is 0 Å². The molecule has 0 atom stereocenters. The minimum Gasteiger partial charge on any atom is -0.0654 e. The molecule has 1 radical (unpaired) electrons. The third kappa shape index (κ3) is 3.10. The minimum absolute atomic E-state index is 1.30. The van der Waals surface area contributed by atoms with Gasteiger partial charge in [0.25, 0.3) is 0 Å². The summed E-state index contributed by atoms with van der Waals surface area (Å²) in [4.78, 5) is 0. The van der Waals surface area contributed by atoms with E-state index in [-0.39, 0.29) is 0 Å². The van der Waals surface area contributed by atoms with Crippen LogP contribution < -0.4 is 5.30 Å². The zero-order valence-electron chi connectivity index (χ0n) is 9.72. The van der Waals surface area contributed by atoms with Gasteiger partial charge in [-0.15, -0.1) is 0 Å². The molecule has 0 spiro atoms. The lowest BCUT2D eigenvalue weighted by atomic mass is 10.1. The Labute approximate surface area is 89.9 Å². The van der Waals surface area contributed by atoms with Crippen molar-refractivity contribution in [1.29, 1.82) is 0 Å². The topological polar surface area (TPSA) is 0 Å². The van der Waals surface area contributed by atoms with Gasteiger partial charge in [-0.25, -0.2) is 0 Å². The van der Waals surface area contributed by atoms with E-state index in [1.54, 1.807) is 5.30 Å². The molecule has 0 bridgehead atoms. The van der Waals surface area contributed by atoms with Crippen molar-refractivity contribution in [2.24, 2.45) is 0 Å². The molecule has 0 aliphatic heterocycles. The van der Waals surface area contributed by atoms with Crippen molar-refractivity contribution in [1.82, 2.24) is 0 Å². The molecule has 0 heterocycles. The second-order valence-corrected chi connectivity index (χ2v) is 5.19. The average Bonchev–Trinajstić information content (AvgIpc) is 2.09. The summed E-state index contributed by atoms with van der Waals surface area (Å²) >= 11 is 0. The fraction of sp³-hybridized carbons (Fsp3) is 0.538. The van der Waals surface area contributed by atoms with E-state index in [0.29, 0.717) is 0 Å². The van der Waals surface area contributed by atoms with Gasteiger partial charge in [0.2, 0.25) is 0 Å². The van der Waals surface area contributed by atoms with Gasteiger partial charge in [-0.2, -0.15) is 0 Å². The lowest BCUT2D eigenvalue weighted by Crippen LogP contribution is -2.06. The van der Waals surface area contributed by atoms with Crippen LogP contribution in [0.1, 0.15) is 36.5 Å². The zero-order chi connectivity index (χ0) is 10.6. The van der Waals surface area contributed by atoms with Gasteiger partial charge in [-0.1, -0.05) is 31.0 Å². The van der Waals surface area contributed by atoms with Crippen LogP contribution in [-0.4, -0.2) is 6.16 Å². The number of hydrogen-bond acceptors (Lipinski definition) is 0. The Morgan fingerprint density at radius 1 is 1.07 bits per heavy atom. The van der Waals surface area contributed by atoms with Gasteiger partial charge in [0, 0.05) is 0 Å². The van der Waals surface area contributed by atoms with Crippen LogP contribution in [0.5, 0.6) is 0 Å². The highest BCUT2D eigenvalue weighted by Gasteiger charge is 2.03. The van der Waals surface area contributed by atoms with Gasteiger partial charge in [0.1, 0.15) is 0 Å². The van der Waals surface area contributed by atoms with E-state index in [0.717, 1.165) is 0 Å². The van der Waals surface area contributed by atoms with Crippen LogP contribution in [-0.2, 0) is 0 Å². The van der Waals surface area contributed by atoms with E-state index in [4.69, 9.17) is 0 Å². The van der Waals surface area contributed by atoms with Crippen molar-refractivity contribution in [3.05, 3.63) is 28.8 Å². The summed E-state index contributed by atoms with van der Waals surface area (Å²) in [5, 5.41) is 1.55. The molecular weight excluding hydrogens is 187 g/mol. The predicted molar refractivity (Wildman–Crippen MR) is 67.0 cm³/mol. The van der Waals surface area contributed by atoms with Gasteiger partial charge >= 0.3 is 0 Å². The highest BCUT2D eigenvalue weighted by Crippen LogP contribution is 2.19. The molecule has 0 aliphatic carbocycles. The van der Waals surface area contributed by atoms with Crippen LogP contribution in [0.4, 0.5) is 0 Å². The summed E-state index contributed by atoms with van der Waals surface area (Å²) in [5.41, 5.74) is 4.30. The molecule has 0 N–H and O–H groups in total. The first-order chi connectivity index (χ1) is 6.65. The second-order valence-electron chi connectivity index (χ2n) is 3.98. The third-order valence-corrected chi connectivity index (χ3v) is 3.98. The Morgan fingerprint density at radius 3 is 2.14 bits per heavy atom. The van der Waals surface area contributed by atoms with Crippen molar-refractivity contribution in [2.75, 3.05) is 6.16 Å². The molecule has 1 heteroatoms. The summed E-state index contributed by atoms with van der Waals surface area (Å²) in [7, 11) is 1.51. The zero-order valence-corrected chi connectivity index (χ0v) is 10.6. The molecule has 0 saturated heterocycles. The SMILES string of the molecule is CCCC[P]c1c(C)cc(C)cc1C. The van der Waals surface area contributed by atoms with Crippen LogP contribution in [0, 0.1) is 20.8 Å². The third-order valence-electron chi connectivity index (χ3n) is 2.42. The number of aryl methyl sites for hydroxylation is 3. The van der Waals surface area contributed by atoms with Gasteiger partial charge in [-0.05, 0) is 58.4 Å². The summed E-state index contributed by atoms with van der Waals surface area (Å²) in [5.74, 6) is 0. The van der Waals surface area contributed by atoms with E-state index >= 15 is 0 Å². The normalized spacial score (nSPS) is 11.4. The maximum Gasteiger partial charge on any atom is -0.0135 e. The maximum absolute atomic E-state index is 2.29. The first kappa shape index (κ1) is 11.7. The first-order valence-corrected chi connectivity index (χ1v) is 6.48. The minimum atomic E-state index is 1.30. The van der Waals surface area contributed by atoms with E-state index in [9.17, 15) is 0 Å². The Kier molecular flexibility index (Phi) is 4.62. The summed E-state index contributed by atoms with van der Waals surface area (Å²) in [6.07, 6.45) is 3.95. The largest absolute Gasteiger partial charge is 0.0654 e. The summed E-state index contributed by atoms with van der Waals surface area (Å²) in [6, 6.07) is 4.59. The first-order valence-electron chi connectivity index (χ1n) is 5.40. The van der Waals surface area contributed by atoms with Gasteiger partial charge in [0.15, 0.2) is 0 Å². The fourth-order valence-corrected chi connectivity index (χ4v) is 3.10. The monoisotopic (exact) mass is 207 g/mol. The Bertz CT molecular complexity index is 279. The molecule has 0 nitrogen and oxygen atoms in total. The quantitative estimate of drug-likeness (QED) is 0.517. The highest BCUT2D eigenvalue weighted by molar-refractivity contribution is 7.47. The maximum atomic E-state index is 2.29. The van der Waals surface area contributed by atoms with E-state index in [1.807, 2.05) is 0 Å². The molecule has 0 aromatic heterocycles. The van der Waals surface area contributed by atoms with Gasteiger partial charge in [0.05, 0.1) is 0 Å². The van der Waals surface area contributed by atoms with E-state index in [1.165, 1.54) is 44.3 Å². The fourth-order valence-electron chi connectivity index (χ4n) is 1.77. The second kappa shape index (κ2) is 5.51. The molecule has 0 fully saturated rings. The summed E-state index contributed by atoms with van der Waals surface area (Å²) in [6.45, 7) is 8.89. The molecule has 0 amide bonds. The molecule has 1 aromatic carbocycles. The number of hydrogen-bond donors (Lipinski definition) is 0. The van der Waals surface area contributed by atoms with Crippen LogP contribution in [0.2, 0.25) is 0 Å². The molecule has 77 valence electrons. The molecule has 0 unspecified atom stereocenters. The average molecular weight is 207 g/mol. The molecule has 14 heavy (non-hydrogen) atoms. The standard InChI is InChI=1S/C13H20P/c1-5-6-7-14-13-11(3)8-10(2)9-12(13)4/h8-9H,5-7H2,1-4H3. The molecule has 1 rings (SSSR count). The van der Waals surface area contributed by atoms with Gasteiger partial charge in [-0.3, -0.25) is 0 Å². The molecule has 0 aliphatic rings. The van der Waals surface area contributed by atoms with Crippen LogP contribution in [0.3, 0.4) is 0 Å².